The first kappa shape index (κ1) is 12.3. The predicted molar refractivity (Wildman–Crippen MR) is 63.7 cm³/mol. The third-order valence-electron chi connectivity index (χ3n) is 2.97. The maximum absolute atomic E-state index is 2.42. The molecule has 0 atom stereocenters. The summed E-state index contributed by atoms with van der Waals surface area (Å²) in [5, 5.41) is 0. The zero-order valence-corrected chi connectivity index (χ0v) is 10.5. The summed E-state index contributed by atoms with van der Waals surface area (Å²) < 4.78 is 4.69. The number of rotatable bonds is 7. The van der Waals surface area contributed by atoms with Gasteiger partial charge in [-0.05, 0) is 19.3 Å². The molecule has 0 aromatic carbocycles. The van der Waals surface area contributed by atoms with Crippen LogP contribution in [0.25, 0.3) is 0 Å². The Morgan fingerprint density at radius 3 is 2.53 bits per heavy atom. The number of hydrogen-bond acceptors (Lipinski definition) is 0. The number of imidazole rings is 1. The molecule has 0 unspecified atom stereocenters. The van der Waals surface area contributed by atoms with Crippen LogP contribution in [0.3, 0.4) is 0 Å². The topological polar surface area (TPSA) is 8.81 Å². The van der Waals surface area contributed by atoms with Crippen molar-refractivity contribution in [1.82, 2.24) is 4.57 Å². The van der Waals surface area contributed by atoms with E-state index >= 15 is 0 Å². The number of unbranched alkanes of at least 4 members (excludes halogenated alkanes) is 3. The molecular weight excluding hydrogens is 184 g/mol. The lowest BCUT2D eigenvalue weighted by Crippen LogP contribution is -2.32. The van der Waals surface area contributed by atoms with Crippen molar-refractivity contribution >= 4 is 0 Å². The van der Waals surface area contributed by atoms with Crippen molar-refractivity contribution in [2.24, 2.45) is 7.05 Å². The smallest absolute Gasteiger partial charge is 0.237 e. The monoisotopic (exact) mass is 209 g/mol. The Labute approximate surface area is 93.9 Å². The zero-order valence-electron chi connectivity index (χ0n) is 10.5. The van der Waals surface area contributed by atoms with Gasteiger partial charge in [0.2, 0.25) is 0 Å². The fourth-order valence-corrected chi connectivity index (χ4v) is 1.95. The van der Waals surface area contributed by atoms with E-state index in [9.17, 15) is 0 Å². The second-order valence-electron chi connectivity index (χ2n) is 4.33. The standard InChI is InChI=1S/C13H25N2/c1-4-6-8-10-15-12-11-14(3)13(15)9-7-5-2/h11-12H,4-10H2,1-3H3/q+1. The summed E-state index contributed by atoms with van der Waals surface area (Å²) >= 11 is 0. The van der Waals surface area contributed by atoms with Crippen molar-refractivity contribution < 1.29 is 4.57 Å². The van der Waals surface area contributed by atoms with Crippen LogP contribution in [0.4, 0.5) is 0 Å². The van der Waals surface area contributed by atoms with Crippen LogP contribution in [0.1, 0.15) is 51.8 Å². The van der Waals surface area contributed by atoms with Crippen molar-refractivity contribution in [3.05, 3.63) is 18.2 Å². The summed E-state index contributed by atoms with van der Waals surface area (Å²) in [6.07, 6.45) is 12.1. The first-order valence-electron chi connectivity index (χ1n) is 6.33. The summed E-state index contributed by atoms with van der Waals surface area (Å²) in [7, 11) is 2.15. The van der Waals surface area contributed by atoms with E-state index in [1.807, 2.05) is 0 Å². The van der Waals surface area contributed by atoms with Crippen LogP contribution in [0, 0.1) is 0 Å². The van der Waals surface area contributed by atoms with E-state index in [-0.39, 0.29) is 0 Å². The van der Waals surface area contributed by atoms with Gasteiger partial charge in [-0.2, -0.15) is 0 Å². The lowest BCUT2D eigenvalue weighted by molar-refractivity contribution is -0.678. The number of aromatic nitrogens is 2. The average molecular weight is 209 g/mol. The highest BCUT2D eigenvalue weighted by atomic mass is 15.1. The van der Waals surface area contributed by atoms with Crippen molar-refractivity contribution in [3.8, 4) is 0 Å². The summed E-state index contributed by atoms with van der Waals surface area (Å²) in [5.41, 5.74) is 0. The van der Waals surface area contributed by atoms with Crippen molar-refractivity contribution in [1.29, 1.82) is 0 Å². The van der Waals surface area contributed by atoms with E-state index in [1.54, 1.807) is 0 Å². The minimum atomic E-state index is 1.19. The molecule has 0 spiro atoms. The molecule has 1 aromatic heterocycles. The van der Waals surface area contributed by atoms with Crippen LogP contribution in [0.15, 0.2) is 12.4 Å². The lowest BCUT2D eigenvalue weighted by atomic mass is 10.2. The molecule has 1 heterocycles. The molecule has 0 aliphatic carbocycles. The molecule has 0 fully saturated rings. The SMILES string of the molecule is CCCCCn1cc[n+](C)c1CCCC. The Kier molecular flexibility index (Phi) is 5.44. The second-order valence-corrected chi connectivity index (χ2v) is 4.33. The van der Waals surface area contributed by atoms with Gasteiger partial charge in [0.25, 0.3) is 5.82 Å². The summed E-state index contributed by atoms with van der Waals surface area (Å²) in [6, 6.07) is 0. The molecule has 1 rings (SSSR count). The number of aryl methyl sites for hydroxylation is 2. The summed E-state index contributed by atoms with van der Waals surface area (Å²) in [5.74, 6) is 1.48. The van der Waals surface area contributed by atoms with E-state index < -0.39 is 0 Å². The van der Waals surface area contributed by atoms with Gasteiger partial charge in [-0.15, -0.1) is 0 Å². The quantitative estimate of drug-likeness (QED) is 0.482. The first-order valence-corrected chi connectivity index (χ1v) is 6.33. The fraction of sp³-hybridized carbons (Fsp3) is 0.769. The van der Waals surface area contributed by atoms with Crippen molar-refractivity contribution in [2.75, 3.05) is 0 Å². The molecule has 1 aromatic rings. The highest BCUT2D eigenvalue weighted by molar-refractivity contribution is 4.83. The molecule has 0 radical (unpaired) electrons. The Hall–Kier alpha value is -0.790. The Balaban J connectivity index is 2.53. The van der Waals surface area contributed by atoms with Gasteiger partial charge < -0.3 is 0 Å². The van der Waals surface area contributed by atoms with E-state index in [0.717, 1.165) is 0 Å². The van der Waals surface area contributed by atoms with Crippen molar-refractivity contribution in [2.45, 2.75) is 58.9 Å². The van der Waals surface area contributed by atoms with Gasteiger partial charge in [0, 0.05) is 6.42 Å². The molecule has 2 nitrogen and oxygen atoms in total. The fourth-order valence-electron chi connectivity index (χ4n) is 1.95. The van der Waals surface area contributed by atoms with Gasteiger partial charge in [-0.25, -0.2) is 9.13 Å². The van der Waals surface area contributed by atoms with E-state index in [4.69, 9.17) is 0 Å². The molecule has 0 aliphatic heterocycles. The lowest BCUT2D eigenvalue weighted by Gasteiger charge is -2.01. The molecule has 86 valence electrons. The third-order valence-corrected chi connectivity index (χ3v) is 2.97. The predicted octanol–water partition coefficient (Wildman–Crippen LogP) is 2.85. The van der Waals surface area contributed by atoms with Crippen molar-refractivity contribution in [3.63, 3.8) is 0 Å². The van der Waals surface area contributed by atoms with Gasteiger partial charge in [-0.1, -0.05) is 26.7 Å². The first-order chi connectivity index (χ1) is 7.29. The van der Waals surface area contributed by atoms with E-state index in [2.05, 4.69) is 42.4 Å². The maximum Gasteiger partial charge on any atom is 0.256 e. The second kappa shape index (κ2) is 6.65. The van der Waals surface area contributed by atoms with Crippen LogP contribution >= 0.6 is 0 Å². The van der Waals surface area contributed by atoms with Gasteiger partial charge in [-0.3, -0.25) is 0 Å². The van der Waals surface area contributed by atoms with Crippen LogP contribution in [-0.2, 0) is 20.0 Å². The molecule has 0 aliphatic rings. The van der Waals surface area contributed by atoms with Gasteiger partial charge in [0.1, 0.15) is 12.4 Å². The number of nitrogens with zero attached hydrogens (tertiary/aromatic N) is 2. The van der Waals surface area contributed by atoms with E-state index in [0.29, 0.717) is 0 Å². The highest BCUT2D eigenvalue weighted by Gasteiger charge is 2.12. The van der Waals surface area contributed by atoms with E-state index in [1.165, 1.54) is 50.9 Å². The molecular formula is C13H25N2+. The number of hydrogen-bond donors (Lipinski definition) is 0. The molecule has 0 amide bonds. The summed E-state index contributed by atoms with van der Waals surface area (Å²) in [6.45, 7) is 5.70. The minimum absolute atomic E-state index is 1.19. The Bertz CT molecular complexity index is 276. The molecule has 0 bridgehead atoms. The van der Waals surface area contributed by atoms with Crippen LogP contribution < -0.4 is 4.57 Å². The normalized spacial score (nSPS) is 10.9. The Morgan fingerprint density at radius 2 is 1.87 bits per heavy atom. The van der Waals surface area contributed by atoms with Crippen LogP contribution in [0.5, 0.6) is 0 Å². The van der Waals surface area contributed by atoms with Gasteiger partial charge >= 0.3 is 0 Å². The van der Waals surface area contributed by atoms with Gasteiger partial charge in [0.15, 0.2) is 0 Å². The van der Waals surface area contributed by atoms with Crippen LogP contribution in [0.2, 0.25) is 0 Å². The van der Waals surface area contributed by atoms with Crippen LogP contribution in [-0.4, -0.2) is 4.57 Å². The molecule has 2 heteroatoms. The largest absolute Gasteiger partial charge is 0.256 e. The highest BCUT2D eigenvalue weighted by Crippen LogP contribution is 2.04. The molecule has 15 heavy (non-hydrogen) atoms. The molecule has 0 saturated heterocycles. The molecule has 0 saturated carbocycles. The maximum atomic E-state index is 2.42. The minimum Gasteiger partial charge on any atom is -0.237 e. The summed E-state index contributed by atoms with van der Waals surface area (Å²) in [4.78, 5) is 0. The zero-order chi connectivity index (χ0) is 11.1. The van der Waals surface area contributed by atoms with Gasteiger partial charge in [0.05, 0.1) is 13.6 Å². The third kappa shape index (κ3) is 3.69. The Morgan fingerprint density at radius 1 is 1.13 bits per heavy atom. The molecule has 0 N–H and O–H groups in total. The average Bonchev–Trinajstić information content (AvgIpc) is 2.58.